The summed E-state index contributed by atoms with van der Waals surface area (Å²) in [5, 5.41) is 13.7. The molecule has 0 saturated carbocycles. The highest BCUT2D eigenvalue weighted by atomic mass is 16.4. The molecule has 0 amide bonds. The van der Waals surface area contributed by atoms with Crippen molar-refractivity contribution in [1.82, 2.24) is 9.78 Å². The first-order valence-electron chi connectivity index (χ1n) is 6.31. The molecule has 0 unspecified atom stereocenters. The van der Waals surface area contributed by atoms with Gasteiger partial charge in [-0.05, 0) is 30.9 Å². The second-order valence-electron chi connectivity index (χ2n) is 5.07. The lowest BCUT2D eigenvalue weighted by atomic mass is 10.1. The van der Waals surface area contributed by atoms with E-state index in [-0.39, 0.29) is 11.5 Å². The molecule has 100 valence electrons. The molecule has 0 aliphatic heterocycles. The molecule has 4 heteroatoms. The first kappa shape index (κ1) is 13.3. The van der Waals surface area contributed by atoms with Crippen LogP contribution in [0, 0.1) is 13.8 Å². The van der Waals surface area contributed by atoms with Crippen LogP contribution in [0.4, 0.5) is 0 Å². The van der Waals surface area contributed by atoms with Gasteiger partial charge in [0.1, 0.15) is 5.56 Å². The number of rotatable bonds is 3. The summed E-state index contributed by atoms with van der Waals surface area (Å²) >= 11 is 0. The number of aromatic nitrogens is 2. The molecular formula is C15H18N2O2. The van der Waals surface area contributed by atoms with Crippen LogP contribution in [-0.4, -0.2) is 20.9 Å². The van der Waals surface area contributed by atoms with Crippen LogP contribution in [0.3, 0.4) is 0 Å². The lowest BCUT2D eigenvalue weighted by Crippen LogP contribution is -2.02. The van der Waals surface area contributed by atoms with Crippen LogP contribution in [0.5, 0.6) is 0 Å². The zero-order valence-electron chi connectivity index (χ0n) is 11.6. The van der Waals surface area contributed by atoms with Crippen LogP contribution in [-0.2, 0) is 0 Å². The fraction of sp³-hybridized carbons (Fsp3) is 0.333. The van der Waals surface area contributed by atoms with Crippen LogP contribution in [0.25, 0.3) is 5.69 Å². The normalized spacial score (nSPS) is 11.0. The monoisotopic (exact) mass is 258 g/mol. The van der Waals surface area contributed by atoms with E-state index in [0.29, 0.717) is 5.69 Å². The van der Waals surface area contributed by atoms with E-state index in [1.165, 1.54) is 0 Å². The summed E-state index contributed by atoms with van der Waals surface area (Å²) in [4.78, 5) is 11.3. The van der Waals surface area contributed by atoms with E-state index in [0.717, 1.165) is 16.8 Å². The summed E-state index contributed by atoms with van der Waals surface area (Å²) in [5.41, 5.74) is 4.01. The lowest BCUT2D eigenvalue weighted by Gasteiger charge is -2.09. The number of hydrogen-bond donors (Lipinski definition) is 1. The van der Waals surface area contributed by atoms with Gasteiger partial charge >= 0.3 is 5.97 Å². The summed E-state index contributed by atoms with van der Waals surface area (Å²) < 4.78 is 1.68. The quantitative estimate of drug-likeness (QED) is 0.918. The molecule has 19 heavy (non-hydrogen) atoms. The van der Waals surface area contributed by atoms with E-state index < -0.39 is 5.97 Å². The maximum absolute atomic E-state index is 11.3. The van der Waals surface area contributed by atoms with Gasteiger partial charge in [0.15, 0.2) is 0 Å². The number of hydrogen-bond acceptors (Lipinski definition) is 2. The molecule has 2 rings (SSSR count). The van der Waals surface area contributed by atoms with Crippen molar-refractivity contribution < 1.29 is 9.90 Å². The zero-order chi connectivity index (χ0) is 14.2. The third kappa shape index (κ3) is 2.38. The summed E-state index contributed by atoms with van der Waals surface area (Å²) in [6.07, 6.45) is 1.60. The molecule has 0 aliphatic carbocycles. The smallest absolute Gasteiger partial charge is 0.339 e. The fourth-order valence-corrected chi connectivity index (χ4v) is 2.26. The molecule has 2 aromatic rings. The Bertz CT molecular complexity index is 607. The Balaban J connectivity index is 2.64. The molecule has 0 spiro atoms. The van der Waals surface area contributed by atoms with E-state index in [1.807, 2.05) is 45.9 Å². The van der Waals surface area contributed by atoms with Crippen molar-refractivity contribution in [3.05, 3.63) is 46.8 Å². The Hall–Kier alpha value is -2.10. The number of para-hydroxylation sites is 1. The number of aryl methyl sites for hydroxylation is 2. The van der Waals surface area contributed by atoms with Gasteiger partial charge in [0.2, 0.25) is 0 Å². The molecule has 0 fully saturated rings. The van der Waals surface area contributed by atoms with E-state index in [4.69, 9.17) is 0 Å². The molecule has 0 saturated heterocycles. The maximum atomic E-state index is 11.3. The Kier molecular flexibility index (Phi) is 3.42. The predicted molar refractivity (Wildman–Crippen MR) is 74.1 cm³/mol. The second-order valence-corrected chi connectivity index (χ2v) is 5.07. The van der Waals surface area contributed by atoms with Gasteiger partial charge in [-0.15, -0.1) is 0 Å². The van der Waals surface area contributed by atoms with Crippen LogP contribution >= 0.6 is 0 Å². The molecule has 4 nitrogen and oxygen atoms in total. The van der Waals surface area contributed by atoms with E-state index in [9.17, 15) is 9.90 Å². The van der Waals surface area contributed by atoms with Crippen molar-refractivity contribution in [2.75, 3.05) is 0 Å². The summed E-state index contributed by atoms with van der Waals surface area (Å²) in [5.74, 6) is -0.849. The largest absolute Gasteiger partial charge is 0.478 e. The van der Waals surface area contributed by atoms with Crippen LogP contribution in [0.15, 0.2) is 24.4 Å². The van der Waals surface area contributed by atoms with E-state index >= 15 is 0 Å². The van der Waals surface area contributed by atoms with Gasteiger partial charge in [0.05, 0.1) is 11.4 Å². The number of aromatic carboxylic acids is 1. The highest BCUT2D eigenvalue weighted by Crippen LogP contribution is 2.23. The van der Waals surface area contributed by atoms with Crippen LogP contribution in [0.2, 0.25) is 0 Å². The SMILES string of the molecule is Cc1cccc(C)c1-n1cc(C(=O)O)c(C(C)C)n1. The molecule has 0 aliphatic rings. The van der Waals surface area contributed by atoms with Gasteiger partial charge in [-0.3, -0.25) is 0 Å². The summed E-state index contributed by atoms with van der Waals surface area (Å²) in [7, 11) is 0. The number of carbonyl (C=O) groups is 1. The lowest BCUT2D eigenvalue weighted by molar-refractivity contribution is 0.0695. The van der Waals surface area contributed by atoms with Gasteiger partial charge in [0.25, 0.3) is 0 Å². The van der Waals surface area contributed by atoms with Crippen LogP contribution in [0.1, 0.15) is 46.9 Å². The van der Waals surface area contributed by atoms with Gasteiger partial charge < -0.3 is 5.11 Å². The number of nitrogens with zero attached hydrogens (tertiary/aromatic N) is 2. The summed E-state index contributed by atoms with van der Waals surface area (Å²) in [6, 6.07) is 5.98. The average Bonchev–Trinajstić information content (AvgIpc) is 2.73. The molecule has 1 heterocycles. The number of carboxylic acid groups (broad SMARTS) is 1. The van der Waals surface area contributed by atoms with Crippen molar-refractivity contribution in [2.24, 2.45) is 0 Å². The minimum absolute atomic E-state index is 0.0803. The Morgan fingerprint density at radius 2 is 1.84 bits per heavy atom. The van der Waals surface area contributed by atoms with Crippen molar-refractivity contribution in [3.8, 4) is 5.69 Å². The molecule has 1 N–H and O–H groups in total. The minimum atomic E-state index is -0.929. The predicted octanol–water partition coefficient (Wildman–Crippen LogP) is 3.31. The first-order valence-corrected chi connectivity index (χ1v) is 6.31. The minimum Gasteiger partial charge on any atom is -0.478 e. The maximum Gasteiger partial charge on any atom is 0.339 e. The fourth-order valence-electron chi connectivity index (χ4n) is 2.26. The van der Waals surface area contributed by atoms with Crippen molar-refractivity contribution in [3.63, 3.8) is 0 Å². The van der Waals surface area contributed by atoms with Gasteiger partial charge in [0, 0.05) is 6.20 Å². The summed E-state index contributed by atoms with van der Waals surface area (Å²) in [6.45, 7) is 7.90. The van der Waals surface area contributed by atoms with Gasteiger partial charge in [-0.1, -0.05) is 32.0 Å². The van der Waals surface area contributed by atoms with Crippen molar-refractivity contribution >= 4 is 5.97 Å². The van der Waals surface area contributed by atoms with Crippen molar-refractivity contribution in [2.45, 2.75) is 33.6 Å². The molecule has 0 bridgehead atoms. The Morgan fingerprint density at radius 1 is 1.26 bits per heavy atom. The Labute approximate surface area is 112 Å². The van der Waals surface area contributed by atoms with Gasteiger partial charge in [-0.25, -0.2) is 9.48 Å². The average molecular weight is 258 g/mol. The highest BCUT2D eigenvalue weighted by molar-refractivity contribution is 5.89. The molecular weight excluding hydrogens is 240 g/mol. The molecule has 1 aromatic heterocycles. The number of carboxylic acids is 1. The van der Waals surface area contributed by atoms with Crippen LogP contribution < -0.4 is 0 Å². The van der Waals surface area contributed by atoms with E-state index in [1.54, 1.807) is 10.9 Å². The Morgan fingerprint density at radius 3 is 2.26 bits per heavy atom. The van der Waals surface area contributed by atoms with Crippen molar-refractivity contribution in [1.29, 1.82) is 0 Å². The first-order chi connectivity index (χ1) is 8.91. The standard InChI is InChI=1S/C15H18N2O2/c1-9(2)13-12(15(18)19)8-17(16-13)14-10(3)6-5-7-11(14)4/h5-9H,1-4H3,(H,18,19). The third-order valence-corrected chi connectivity index (χ3v) is 3.19. The highest BCUT2D eigenvalue weighted by Gasteiger charge is 2.19. The zero-order valence-corrected chi connectivity index (χ0v) is 11.6. The second kappa shape index (κ2) is 4.88. The third-order valence-electron chi connectivity index (χ3n) is 3.19. The topological polar surface area (TPSA) is 55.1 Å². The molecule has 0 radical (unpaired) electrons. The molecule has 0 atom stereocenters. The number of benzene rings is 1. The van der Waals surface area contributed by atoms with E-state index in [2.05, 4.69) is 5.10 Å². The molecule has 1 aromatic carbocycles. The van der Waals surface area contributed by atoms with Gasteiger partial charge in [-0.2, -0.15) is 5.10 Å².